The first kappa shape index (κ1) is 18.1. The monoisotopic (exact) mass is 372 g/mol. The van der Waals surface area contributed by atoms with Gasteiger partial charge in [-0.05, 0) is 19.3 Å². The number of hydrogen-bond donors (Lipinski definition) is 4. The third-order valence-electron chi connectivity index (χ3n) is 5.10. The summed E-state index contributed by atoms with van der Waals surface area (Å²) in [5, 5.41) is 17.4. The molecule has 2 fully saturated rings. The SMILES string of the molecule is O=C(NNCC1CCO1)C1CC(NC(O)c2cc(-c3ccccc3)no2)C1. The van der Waals surface area contributed by atoms with Crippen molar-refractivity contribution >= 4 is 5.91 Å². The smallest absolute Gasteiger partial charge is 0.237 e. The van der Waals surface area contributed by atoms with E-state index >= 15 is 0 Å². The number of carbonyl (C=O) groups is 1. The standard InChI is InChI=1S/C19H24N4O4/c24-18(22-20-11-15-6-7-26-15)13-8-14(9-13)21-19(25)17-10-16(23-27-17)12-4-2-1-3-5-12/h1-5,10,13-15,19-21,25H,6-9,11H2,(H,22,24). The zero-order valence-corrected chi connectivity index (χ0v) is 14.9. The Morgan fingerprint density at radius 1 is 1.30 bits per heavy atom. The topological polar surface area (TPSA) is 109 Å². The number of amides is 1. The Labute approximate surface area is 157 Å². The highest BCUT2D eigenvalue weighted by Gasteiger charge is 2.36. The van der Waals surface area contributed by atoms with E-state index in [2.05, 4.69) is 21.3 Å². The molecule has 2 aromatic rings. The van der Waals surface area contributed by atoms with Gasteiger partial charge in [-0.25, -0.2) is 5.43 Å². The quantitative estimate of drug-likeness (QED) is 0.406. The zero-order valence-electron chi connectivity index (χ0n) is 14.9. The van der Waals surface area contributed by atoms with Crippen LogP contribution in [0.25, 0.3) is 11.3 Å². The first-order chi connectivity index (χ1) is 13.2. The van der Waals surface area contributed by atoms with Crippen molar-refractivity contribution < 1.29 is 19.2 Å². The molecular weight excluding hydrogens is 348 g/mol. The van der Waals surface area contributed by atoms with E-state index in [1.54, 1.807) is 6.07 Å². The minimum absolute atomic E-state index is 0.0205. The number of aromatic nitrogens is 1. The van der Waals surface area contributed by atoms with Gasteiger partial charge in [0.25, 0.3) is 0 Å². The maximum Gasteiger partial charge on any atom is 0.237 e. The van der Waals surface area contributed by atoms with Crippen LogP contribution in [0.4, 0.5) is 0 Å². The molecule has 2 heterocycles. The minimum atomic E-state index is -0.946. The zero-order chi connectivity index (χ0) is 18.6. The summed E-state index contributed by atoms with van der Waals surface area (Å²) < 4.78 is 10.5. The molecular formula is C19H24N4O4. The Morgan fingerprint density at radius 2 is 2.07 bits per heavy atom. The van der Waals surface area contributed by atoms with Gasteiger partial charge in [-0.15, -0.1) is 0 Å². The number of rotatable bonds is 8. The molecule has 0 bridgehead atoms. The second-order valence-electron chi connectivity index (χ2n) is 7.07. The van der Waals surface area contributed by atoms with Crippen molar-refractivity contribution in [2.45, 2.75) is 37.6 Å². The summed E-state index contributed by atoms with van der Waals surface area (Å²) in [7, 11) is 0. The molecule has 27 heavy (non-hydrogen) atoms. The van der Waals surface area contributed by atoms with Gasteiger partial charge < -0.3 is 14.4 Å². The summed E-state index contributed by atoms with van der Waals surface area (Å²) in [5.41, 5.74) is 7.25. The normalized spacial score (nSPS) is 25.3. The molecule has 8 nitrogen and oxygen atoms in total. The highest BCUT2D eigenvalue weighted by atomic mass is 16.5. The van der Waals surface area contributed by atoms with E-state index in [1.807, 2.05) is 30.3 Å². The van der Waals surface area contributed by atoms with Gasteiger partial charge in [0.15, 0.2) is 12.0 Å². The predicted molar refractivity (Wildman–Crippen MR) is 97.0 cm³/mol. The van der Waals surface area contributed by atoms with Gasteiger partial charge in [-0.2, -0.15) is 0 Å². The molecule has 1 aromatic heterocycles. The number of aliphatic hydroxyl groups excluding tert-OH is 1. The van der Waals surface area contributed by atoms with E-state index in [-0.39, 0.29) is 24.0 Å². The lowest BCUT2D eigenvalue weighted by Crippen LogP contribution is -2.52. The number of hydrogen-bond acceptors (Lipinski definition) is 7. The number of nitrogens with zero attached hydrogens (tertiary/aromatic N) is 1. The number of benzene rings is 1. The van der Waals surface area contributed by atoms with Gasteiger partial charge in [-0.3, -0.25) is 15.5 Å². The fourth-order valence-corrected chi connectivity index (χ4v) is 3.24. The van der Waals surface area contributed by atoms with Gasteiger partial charge in [0.1, 0.15) is 5.69 Å². The van der Waals surface area contributed by atoms with E-state index < -0.39 is 6.23 Å². The lowest BCUT2D eigenvalue weighted by Gasteiger charge is -2.36. The van der Waals surface area contributed by atoms with Crippen molar-refractivity contribution in [2.75, 3.05) is 13.2 Å². The number of carbonyl (C=O) groups excluding carboxylic acids is 1. The summed E-state index contributed by atoms with van der Waals surface area (Å²) in [6.07, 6.45) is 1.63. The van der Waals surface area contributed by atoms with Crippen molar-refractivity contribution in [3.05, 3.63) is 42.2 Å². The Hall–Kier alpha value is -2.26. The Morgan fingerprint density at radius 3 is 2.78 bits per heavy atom. The molecule has 144 valence electrons. The van der Waals surface area contributed by atoms with Crippen molar-refractivity contribution in [2.24, 2.45) is 5.92 Å². The molecule has 4 N–H and O–H groups in total. The Kier molecular flexibility index (Phi) is 5.49. The Bertz CT molecular complexity index is 756. The van der Waals surface area contributed by atoms with E-state index in [9.17, 15) is 9.90 Å². The Balaban J connectivity index is 1.19. The summed E-state index contributed by atoms with van der Waals surface area (Å²) >= 11 is 0. The third-order valence-corrected chi connectivity index (χ3v) is 5.10. The maximum atomic E-state index is 12.0. The van der Waals surface area contributed by atoms with Crippen LogP contribution in [0.2, 0.25) is 0 Å². The molecule has 1 amide bonds. The van der Waals surface area contributed by atoms with Crippen LogP contribution < -0.4 is 16.2 Å². The van der Waals surface area contributed by atoms with Crippen molar-refractivity contribution in [3.63, 3.8) is 0 Å². The molecule has 0 spiro atoms. The number of ether oxygens (including phenoxy) is 1. The molecule has 1 aliphatic carbocycles. The minimum Gasteiger partial charge on any atom is -0.377 e. The first-order valence-electron chi connectivity index (χ1n) is 9.29. The highest BCUT2D eigenvalue weighted by Crippen LogP contribution is 2.30. The van der Waals surface area contributed by atoms with E-state index in [0.717, 1.165) is 18.6 Å². The molecule has 0 radical (unpaired) electrons. The van der Waals surface area contributed by atoms with E-state index in [4.69, 9.17) is 9.26 Å². The number of aliphatic hydroxyl groups is 1. The van der Waals surface area contributed by atoms with Crippen LogP contribution in [0.15, 0.2) is 40.9 Å². The van der Waals surface area contributed by atoms with E-state index in [0.29, 0.717) is 30.8 Å². The lowest BCUT2D eigenvalue weighted by molar-refractivity contribution is -0.130. The van der Waals surface area contributed by atoms with Gasteiger partial charge >= 0.3 is 0 Å². The molecule has 2 unspecified atom stereocenters. The molecule has 2 atom stereocenters. The molecule has 1 aliphatic heterocycles. The largest absolute Gasteiger partial charge is 0.377 e. The van der Waals surface area contributed by atoms with Crippen molar-refractivity contribution in [1.29, 1.82) is 0 Å². The van der Waals surface area contributed by atoms with Crippen LogP contribution >= 0.6 is 0 Å². The molecule has 1 saturated heterocycles. The van der Waals surface area contributed by atoms with Gasteiger partial charge in [0.05, 0.1) is 6.10 Å². The van der Waals surface area contributed by atoms with Crippen LogP contribution in [-0.2, 0) is 9.53 Å². The molecule has 1 aromatic carbocycles. The average molecular weight is 372 g/mol. The summed E-state index contributed by atoms with van der Waals surface area (Å²) in [6, 6.07) is 11.4. The first-order valence-corrected chi connectivity index (χ1v) is 9.29. The second-order valence-corrected chi connectivity index (χ2v) is 7.07. The number of nitrogens with one attached hydrogen (secondary N) is 3. The highest BCUT2D eigenvalue weighted by molar-refractivity contribution is 5.79. The van der Waals surface area contributed by atoms with Crippen LogP contribution in [0, 0.1) is 5.92 Å². The van der Waals surface area contributed by atoms with Crippen LogP contribution in [0.5, 0.6) is 0 Å². The average Bonchev–Trinajstić information content (AvgIpc) is 3.10. The summed E-state index contributed by atoms with van der Waals surface area (Å²) in [4.78, 5) is 12.0. The van der Waals surface area contributed by atoms with Gasteiger partial charge in [0.2, 0.25) is 5.91 Å². The lowest BCUT2D eigenvalue weighted by atomic mass is 9.79. The van der Waals surface area contributed by atoms with Crippen LogP contribution in [0.1, 0.15) is 31.3 Å². The summed E-state index contributed by atoms with van der Waals surface area (Å²) in [6.45, 7) is 1.44. The van der Waals surface area contributed by atoms with Crippen molar-refractivity contribution in [3.8, 4) is 11.3 Å². The number of hydrazine groups is 1. The fourth-order valence-electron chi connectivity index (χ4n) is 3.24. The molecule has 8 heteroatoms. The third kappa shape index (κ3) is 4.36. The summed E-state index contributed by atoms with van der Waals surface area (Å²) in [5.74, 6) is 0.288. The maximum absolute atomic E-state index is 12.0. The fraction of sp³-hybridized carbons (Fsp3) is 0.474. The molecule has 4 rings (SSSR count). The molecule has 2 aliphatic rings. The van der Waals surface area contributed by atoms with Crippen molar-refractivity contribution in [1.82, 2.24) is 21.3 Å². The van der Waals surface area contributed by atoms with Gasteiger partial charge in [-0.1, -0.05) is 35.5 Å². The predicted octanol–water partition coefficient (Wildman–Crippen LogP) is 1.11. The van der Waals surface area contributed by atoms with Crippen LogP contribution in [0.3, 0.4) is 0 Å². The van der Waals surface area contributed by atoms with E-state index in [1.165, 1.54) is 0 Å². The van der Waals surface area contributed by atoms with Crippen LogP contribution in [-0.4, -0.2) is 41.5 Å². The second kappa shape index (κ2) is 8.18. The molecule has 1 saturated carbocycles. The van der Waals surface area contributed by atoms with Gasteiger partial charge in [0, 0.05) is 36.7 Å².